The van der Waals surface area contributed by atoms with E-state index in [9.17, 15) is 51.9 Å². The van der Waals surface area contributed by atoms with Gasteiger partial charge in [0, 0.05) is 40.6 Å². The van der Waals surface area contributed by atoms with Crippen LogP contribution in [0.4, 0.5) is 50.2 Å². The van der Waals surface area contributed by atoms with Crippen LogP contribution in [0.1, 0.15) is 16.7 Å². The number of nitrogens with one attached hydrogen (secondary N) is 3. The van der Waals surface area contributed by atoms with Crippen molar-refractivity contribution in [2.24, 2.45) is 42.5 Å². The molecule has 0 radical (unpaired) electrons. The van der Waals surface area contributed by atoms with Crippen molar-refractivity contribution < 1.29 is 51.9 Å². The Kier molecular flexibility index (Phi) is 14.7. The second-order valence-electron chi connectivity index (χ2n) is 16.9. The van der Waals surface area contributed by atoms with E-state index >= 15 is 0 Å². The van der Waals surface area contributed by atoms with Crippen LogP contribution in [0.2, 0.25) is 0 Å². The summed E-state index contributed by atoms with van der Waals surface area (Å²) in [4.78, 5) is 7.75. The van der Waals surface area contributed by atoms with Crippen LogP contribution in [0.5, 0.6) is 0 Å². The maximum atomic E-state index is 12.6. The van der Waals surface area contributed by atoms with Crippen molar-refractivity contribution in [3.63, 3.8) is 0 Å². The number of hydrogen-bond acceptors (Lipinski definition) is 20. The number of benzene rings is 5. The second kappa shape index (κ2) is 21.1. The minimum Gasteiger partial charge on any atom is -0.340 e. The first-order valence-electron chi connectivity index (χ1n) is 22.3. The molecular weight excluding hydrogens is 1090 g/mol. The zero-order chi connectivity index (χ0) is 55.0. The summed E-state index contributed by atoms with van der Waals surface area (Å²) in [6.45, 7) is 3.35. The van der Waals surface area contributed by atoms with Crippen LogP contribution in [-0.2, 0) is 40.5 Å². The molecule has 0 amide bonds. The summed E-state index contributed by atoms with van der Waals surface area (Å²) in [5, 5.41) is 43.3. The van der Waals surface area contributed by atoms with Gasteiger partial charge in [-0.05, 0) is 121 Å². The van der Waals surface area contributed by atoms with Gasteiger partial charge in [0.25, 0.3) is 40.5 Å². The Morgan fingerprint density at radius 3 is 1.88 bits per heavy atom. The predicted octanol–water partition coefficient (Wildman–Crippen LogP) is 12.1. The van der Waals surface area contributed by atoms with Crippen LogP contribution >= 0.6 is 11.3 Å². The first kappa shape index (κ1) is 53.6. The van der Waals surface area contributed by atoms with Gasteiger partial charge in [0.05, 0.1) is 26.1 Å². The smallest absolute Gasteiger partial charge is 0.294 e. The van der Waals surface area contributed by atoms with Crippen LogP contribution < -0.4 is 10.6 Å². The molecule has 23 nitrogen and oxygen atoms in total. The molecule has 7 N–H and O–H groups in total. The zero-order valence-electron chi connectivity index (χ0n) is 39.7. The third-order valence-electron chi connectivity index (χ3n) is 11.9. The molecule has 2 aliphatic rings. The van der Waals surface area contributed by atoms with E-state index in [1.807, 2.05) is 42.5 Å². The summed E-state index contributed by atoms with van der Waals surface area (Å²) in [5.41, 5.74) is 3.38. The summed E-state index contributed by atoms with van der Waals surface area (Å²) in [5.74, 6) is -2.14. The van der Waals surface area contributed by atoms with Gasteiger partial charge in [-0.25, -0.2) is 9.97 Å². The van der Waals surface area contributed by atoms with Gasteiger partial charge in [-0.3, -0.25) is 18.2 Å². The Morgan fingerprint density at radius 1 is 0.623 bits per heavy atom. The normalized spacial score (nSPS) is 16.2. The number of fused-ring (bicyclic) bond motifs is 2. The number of hydrogen-bond donors (Lipinski definition) is 7. The molecule has 2 aliphatic carbocycles. The molecule has 0 saturated carbocycles. The molecule has 5 aromatic carbocycles. The molecule has 392 valence electrons. The molecule has 2 aromatic heterocycles. The Morgan fingerprint density at radius 2 is 1.27 bits per heavy atom. The number of pyridine rings is 1. The van der Waals surface area contributed by atoms with Gasteiger partial charge in [-0.2, -0.15) is 38.8 Å². The van der Waals surface area contributed by atoms with Crippen LogP contribution in [0.3, 0.4) is 0 Å². The zero-order valence-corrected chi connectivity index (χ0v) is 43.8. The Bertz CT molecular complexity index is 4270. The number of azo groups is 3. The third kappa shape index (κ3) is 11.9. The summed E-state index contributed by atoms with van der Waals surface area (Å²) in [6, 6.07) is 28.4. The first-order valence-corrected chi connectivity index (χ1v) is 28.9. The SMILES string of the molecule is Cc1cc(N=Nc2sc(N=Nc3c(Nc4ccc(S(=O)(=O)O)cc4)nc(Nc4ccc(S(=O)(=O)O)cc4)c(C=N)c3C)nc2-c2ccc3ccccc3c2)ccc1N=NC1=C(S(=O)(=O)O)C2C=CC=C(S(=O)(=O)O)C2C=C1. The number of allylic oxidation sites excluding steroid dienone is 7. The molecule has 77 heavy (non-hydrogen) atoms. The average molecular weight is 1130 g/mol. The second-order valence-corrected chi connectivity index (χ2v) is 23.5. The van der Waals surface area contributed by atoms with Crippen molar-refractivity contribution >= 4 is 119 Å². The molecule has 0 saturated heterocycles. The van der Waals surface area contributed by atoms with E-state index in [1.165, 1.54) is 72.8 Å². The largest absolute Gasteiger partial charge is 0.340 e. The summed E-state index contributed by atoms with van der Waals surface area (Å²) in [7, 11) is -18.7. The highest BCUT2D eigenvalue weighted by molar-refractivity contribution is 7.90. The van der Waals surface area contributed by atoms with E-state index in [1.54, 1.807) is 32.0 Å². The lowest BCUT2D eigenvalue weighted by atomic mass is 9.84. The van der Waals surface area contributed by atoms with Crippen LogP contribution in [0.25, 0.3) is 22.0 Å². The standard InChI is InChI=1S/C49H39N11O12S5/c1-27-24-34(16-22-40(27)56-57-41-23-21-37-38(45(41)77(70,71)72)8-5-9-42(37)76(67,68)69)55-59-48-44(31-11-10-29-6-3-4-7-30(29)25-31)53-49(73-48)60-58-43-28(2)39(26-50)46(51-32-12-17-35(18-13-32)74(61,62)63)54-47(43)52-33-14-19-36(20-15-33)75(64,65)66/h3-26,37-38,50H,1-2H3,(H2,51,52,54)(H,61,62,63)(H,64,65,66)(H,67,68,69)(H,70,71,72). The van der Waals surface area contributed by atoms with Gasteiger partial charge in [0.2, 0.25) is 5.13 Å². The number of aromatic nitrogens is 2. The fourth-order valence-corrected chi connectivity index (χ4v) is 11.6. The molecule has 2 heterocycles. The van der Waals surface area contributed by atoms with E-state index in [-0.39, 0.29) is 49.2 Å². The van der Waals surface area contributed by atoms with Crippen molar-refractivity contribution in [2.45, 2.75) is 23.6 Å². The molecule has 0 bridgehead atoms. The molecule has 0 fully saturated rings. The highest BCUT2D eigenvalue weighted by Crippen LogP contribution is 2.45. The lowest BCUT2D eigenvalue weighted by molar-refractivity contribution is 0.467. The molecule has 2 atom stereocenters. The molecule has 2 unspecified atom stereocenters. The number of nitrogens with zero attached hydrogens (tertiary/aromatic N) is 8. The maximum Gasteiger partial charge on any atom is 0.294 e. The number of aryl methyl sites for hydroxylation is 1. The van der Waals surface area contributed by atoms with E-state index < -0.39 is 62.1 Å². The van der Waals surface area contributed by atoms with Gasteiger partial charge >= 0.3 is 0 Å². The summed E-state index contributed by atoms with van der Waals surface area (Å²) < 4.78 is 135. The summed E-state index contributed by atoms with van der Waals surface area (Å²) in [6.07, 6.45) is 7.35. The lowest BCUT2D eigenvalue weighted by Gasteiger charge is -2.29. The van der Waals surface area contributed by atoms with Gasteiger partial charge in [-0.1, -0.05) is 66.0 Å². The number of rotatable bonds is 16. The average Bonchev–Trinajstić information content (AvgIpc) is 3.80. The molecule has 0 aliphatic heterocycles. The van der Waals surface area contributed by atoms with Crippen LogP contribution in [0.15, 0.2) is 196 Å². The molecular formula is C49H39N11O12S5. The highest BCUT2D eigenvalue weighted by atomic mass is 32.2. The lowest BCUT2D eigenvalue weighted by Crippen LogP contribution is -2.28. The van der Waals surface area contributed by atoms with Gasteiger partial charge in [0.15, 0.2) is 10.8 Å². The molecule has 7 aromatic rings. The summed E-state index contributed by atoms with van der Waals surface area (Å²) >= 11 is 1.04. The Hall–Kier alpha value is -8.19. The molecule has 0 spiro atoms. The van der Waals surface area contributed by atoms with Gasteiger partial charge < -0.3 is 16.0 Å². The molecule has 9 rings (SSSR count). The van der Waals surface area contributed by atoms with Crippen molar-refractivity contribution in [1.82, 2.24) is 9.97 Å². The Labute approximate surface area is 443 Å². The quantitative estimate of drug-likeness (QED) is 0.0268. The highest BCUT2D eigenvalue weighted by Gasteiger charge is 2.40. The van der Waals surface area contributed by atoms with E-state index in [4.69, 9.17) is 15.4 Å². The van der Waals surface area contributed by atoms with Crippen molar-refractivity contribution in [3.05, 3.63) is 172 Å². The van der Waals surface area contributed by atoms with Gasteiger partial charge in [-0.15, -0.1) is 25.6 Å². The first-order chi connectivity index (χ1) is 36.4. The minimum absolute atomic E-state index is 0.0607. The third-order valence-corrected chi connectivity index (χ3v) is 16.5. The molecule has 28 heteroatoms. The number of thiazole rings is 1. The van der Waals surface area contributed by atoms with E-state index in [2.05, 4.69) is 41.3 Å². The van der Waals surface area contributed by atoms with Gasteiger partial charge in [0.1, 0.15) is 27.8 Å². The van der Waals surface area contributed by atoms with Crippen LogP contribution in [-0.4, -0.2) is 68.1 Å². The van der Waals surface area contributed by atoms with E-state index in [0.29, 0.717) is 44.4 Å². The Balaban J connectivity index is 1.06. The number of anilines is 4. The maximum absolute atomic E-state index is 12.6. The van der Waals surface area contributed by atoms with Crippen molar-refractivity contribution in [3.8, 4) is 11.3 Å². The van der Waals surface area contributed by atoms with Crippen molar-refractivity contribution in [1.29, 1.82) is 5.41 Å². The fourth-order valence-electron chi connectivity index (χ4n) is 8.17. The fraction of sp³-hybridized carbons (Fsp3) is 0.0816. The minimum atomic E-state index is -4.94. The topological polar surface area (TPSA) is 365 Å². The van der Waals surface area contributed by atoms with Crippen molar-refractivity contribution in [2.75, 3.05) is 10.6 Å². The predicted molar refractivity (Wildman–Crippen MR) is 289 cm³/mol. The van der Waals surface area contributed by atoms with Crippen LogP contribution in [0, 0.1) is 31.1 Å². The monoisotopic (exact) mass is 1130 g/mol. The van der Waals surface area contributed by atoms with E-state index in [0.717, 1.165) is 34.4 Å².